The molecule has 18 heavy (non-hydrogen) atoms. The van der Waals surface area contributed by atoms with E-state index in [4.69, 9.17) is 17.3 Å². The Morgan fingerprint density at radius 3 is 2.83 bits per heavy atom. The van der Waals surface area contributed by atoms with E-state index in [9.17, 15) is 4.79 Å². The monoisotopic (exact) mass is 266 g/mol. The molecular formula is C10H11ClN6O. The van der Waals surface area contributed by atoms with E-state index < -0.39 is 5.91 Å². The fraction of sp³-hybridized carbons (Fsp3) is 0.200. The molecule has 0 aliphatic heterocycles. The second-order valence-electron chi connectivity index (χ2n) is 3.64. The van der Waals surface area contributed by atoms with E-state index in [1.54, 1.807) is 14.0 Å². The largest absolute Gasteiger partial charge is 0.395 e. The highest BCUT2D eigenvalue weighted by atomic mass is 35.5. The number of anilines is 2. The summed E-state index contributed by atoms with van der Waals surface area (Å²) in [7, 11) is 1.64. The van der Waals surface area contributed by atoms with Gasteiger partial charge in [0, 0.05) is 13.2 Å². The summed E-state index contributed by atoms with van der Waals surface area (Å²) in [5.41, 5.74) is 7.01. The van der Waals surface area contributed by atoms with Gasteiger partial charge in [-0.05, 0) is 24.6 Å². The first-order chi connectivity index (χ1) is 8.49. The Kier molecular flexibility index (Phi) is 3.15. The molecule has 1 amide bonds. The highest BCUT2D eigenvalue weighted by molar-refractivity contribution is 6.28. The number of carbonyl (C=O) groups excluding carboxylic acids is 1. The molecule has 0 saturated heterocycles. The normalized spacial score (nSPS) is 10.4. The zero-order valence-corrected chi connectivity index (χ0v) is 10.6. The molecule has 2 heterocycles. The number of halogens is 1. The lowest BCUT2D eigenvalue weighted by atomic mass is 10.3. The van der Waals surface area contributed by atoms with Crippen LogP contribution in [0.15, 0.2) is 12.3 Å². The number of nitrogen functional groups attached to an aromatic ring is 1. The fourth-order valence-electron chi connectivity index (χ4n) is 1.52. The third-order valence-electron chi connectivity index (χ3n) is 2.35. The molecule has 0 bridgehead atoms. The van der Waals surface area contributed by atoms with Gasteiger partial charge in [-0.15, -0.1) is 0 Å². The Morgan fingerprint density at radius 2 is 2.28 bits per heavy atom. The molecule has 8 heteroatoms. The maximum Gasteiger partial charge on any atom is 0.277 e. The number of aromatic nitrogens is 4. The number of nitrogens with zero attached hydrogens (tertiary/aromatic N) is 4. The molecule has 94 valence electrons. The van der Waals surface area contributed by atoms with E-state index in [0.717, 1.165) is 0 Å². The van der Waals surface area contributed by atoms with E-state index in [2.05, 4.69) is 20.4 Å². The molecule has 0 aliphatic rings. The molecule has 3 N–H and O–H groups in total. The van der Waals surface area contributed by atoms with Crippen molar-refractivity contribution in [3.8, 4) is 0 Å². The molecule has 0 atom stereocenters. The second kappa shape index (κ2) is 4.61. The molecule has 2 rings (SSSR count). The smallest absolute Gasteiger partial charge is 0.277 e. The molecule has 0 aliphatic carbocycles. The van der Waals surface area contributed by atoms with Crippen molar-refractivity contribution in [1.29, 1.82) is 0 Å². The van der Waals surface area contributed by atoms with Crippen LogP contribution in [0.25, 0.3) is 0 Å². The Balaban J connectivity index is 2.27. The third kappa shape index (κ3) is 2.25. The topological polar surface area (TPSA) is 98.7 Å². The zero-order chi connectivity index (χ0) is 13.3. The molecule has 7 nitrogen and oxygen atoms in total. The molecule has 0 aromatic carbocycles. The molecule has 0 radical (unpaired) electrons. The average molecular weight is 267 g/mol. The summed E-state index contributed by atoms with van der Waals surface area (Å²) in [6, 6.07) is 1.53. The lowest BCUT2D eigenvalue weighted by Crippen LogP contribution is -2.18. The van der Waals surface area contributed by atoms with Gasteiger partial charge in [-0.1, -0.05) is 0 Å². The highest BCUT2D eigenvalue weighted by Crippen LogP contribution is 2.16. The standard InChI is InChI=1S/C10H11ClN6O/c1-5-7(12)8(17(2)16-5)9(18)14-6-3-4-13-10(11)15-6/h3-4H,12H2,1-2H3,(H,13,14,15,18). The second-order valence-corrected chi connectivity index (χ2v) is 3.97. The van der Waals surface area contributed by atoms with E-state index in [0.29, 0.717) is 17.2 Å². The average Bonchev–Trinajstić information content (AvgIpc) is 2.53. The summed E-state index contributed by atoms with van der Waals surface area (Å²) in [5, 5.41) is 6.70. The van der Waals surface area contributed by atoms with Crippen LogP contribution >= 0.6 is 11.6 Å². The zero-order valence-electron chi connectivity index (χ0n) is 9.81. The molecule has 0 unspecified atom stereocenters. The van der Waals surface area contributed by atoms with Gasteiger partial charge in [0.25, 0.3) is 5.91 Å². The molecule has 2 aromatic heterocycles. The molecule has 0 fully saturated rings. The van der Waals surface area contributed by atoms with Gasteiger partial charge in [0.15, 0.2) is 0 Å². The minimum absolute atomic E-state index is 0.0574. The lowest BCUT2D eigenvalue weighted by molar-refractivity contribution is 0.101. The summed E-state index contributed by atoms with van der Waals surface area (Å²) in [6.45, 7) is 1.73. The van der Waals surface area contributed by atoms with E-state index in [1.807, 2.05) is 0 Å². The Hall–Kier alpha value is -2.15. The molecular weight excluding hydrogens is 256 g/mol. The SMILES string of the molecule is Cc1nn(C)c(C(=O)Nc2ccnc(Cl)n2)c1N. The summed E-state index contributed by atoms with van der Waals surface area (Å²) in [4.78, 5) is 19.6. The van der Waals surface area contributed by atoms with E-state index >= 15 is 0 Å². The first-order valence-corrected chi connectivity index (χ1v) is 5.46. The van der Waals surface area contributed by atoms with Crippen molar-refractivity contribution < 1.29 is 4.79 Å². The minimum Gasteiger partial charge on any atom is -0.395 e. The number of hydrogen-bond donors (Lipinski definition) is 2. The molecule has 2 aromatic rings. The van der Waals surface area contributed by atoms with Crippen LogP contribution in [-0.2, 0) is 7.05 Å². The fourth-order valence-corrected chi connectivity index (χ4v) is 1.67. The summed E-state index contributed by atoms with van der Waals surface area (Å²) < 4.78 is 1.42. The molecule has 0 saturated carbocycles. The van der Waals surface area contributed by atoms with E-state index in [-0.39, 0.29) is 11.0 Å². The predicted molar refractivity (Wildman–Crippen MR) is 67.4 cm³/mol. The van der Waals surface area contributed by atoms with Gasteiger partial charge in [-0.3, -0.25) is 9.48 Å². The minimum atomic E-state index is -0.398. The van der Waals surface area contributed by atoms with Crippen LogP contribution in [0.2, 0.25) is 5.28 Å². The van der Waals surface area contributed by atoms with Gasteiger partial charge < -0.3 is 11.1 Å². The number of rotatable bonds is 2. The van der Waals surface area contributed by atoms with Crippen molar-refractivity contribution in [2.24, 2.45) is 7.05 Å². The first-order valence-electron chi connectivity index (χ1n) is 5.08. The Morgan fingerprint density at radius 1 is 1.56 bits per heavy atom. The van der Waals surface area contributed by atoms with Crippen molar-refractivity contribution in [3.05, 3.63) is 28.9 Å². The summed E-state index contributed by atoms with van der Waals surface area (Å²) in [6.07, 6.45) is 1.45. The summed E-state index contributed by atoms with van der Waals surface area (Å²) >= 11 is 5.63. The van der Waals surface area contributed by atoms with Gasteiger partial charge in [-0.25, -0.2) is 9.97 Å². The number of amides is 1. The maximum atomic E-state index is 12.0. The van der Waals surface area contributed by atoms with Gasteiger partial charge in [0.05, 0.1) is 11.4 Å². The number of aryl methyl sites for hydroxylation is 2. The van der Waals surface area contributed by atoms with Crippen LogP contribution in [0.1, 0.15) is 16.2 Å². The van der Waals surface area contributed by atoms with Crippen molar-refractivity contribution in [3.63, 3.8) is 0 Å². The van der Waals surface area contributed by atoms with Crippen molar-refractivity contribution in [2.45, 2.75) is 6.92 Å². The van der Waals surface area contributed by atoms with Gasteiger partial charge in [0.1, 0.15) is 11.5 Å². The van der Waals surface area contributed by atoms with Gasteiger partial charge in [0.2, 0.25) is 5.28 Å². The van der Waals surface area contributed by atoms with Crippen LogP contribution in [-0.4, -0.2) is 25.7 Å². The number of nitrogens with two attached hydrogens (primary N) is 1. The first kappa shape index (κ1) is 12.3. The van der Waals surface area contributed by atoms with E-state index in [1.165, 1.54) is 16.9 Å². The van der Waals surface area contributed by atoms with Gasteiger partial charge in [-0.2, -0.15) is 5.10 Å². The maximum absolute atomic E-state index is 12.0. The van der Waals surface area contributed by atoms with Crippen LogP contribution in [0.4, 0.5) is 11.5 Å². The summed E-state index contributed by atoms with van der Waals surface area (Å²) in [5.74, 6) is -0.0939. The van der Waals surface area contributed by atoms with Crippen LogP contribution in [0.3, 0.4) is 0 Å². The third-order valence-corrected chi connectivity index (χ3v) is 2.53. The van der Waals surface area contributed by atoms with Crippen LogP contribution in [0, 0.1) is 6.92 Å². The number of nitrogens with one attached hydrogen (secondary N) is 1. The Bertz CT molecular complexity index is 608. The number of carbonyl (C=O) groups is 1. The van der Waals surface area contributed by atoms with Crippen molar-refractivity contribution in [1.82, 2.24) is 19.7 Å². The predicted octanol–water partition coefficient (Wildman–Crippen LogP) is 1.01. The lowest BCUT2D eigenvalue weighted by Gasteiger charge is -2.05. The Labute approximate surface area is 108 Å². The molecule has 0 spiro atoms. The van der Waals surface area contributed by atoms with Gasteiger partial charge >= 0.3 is 0 Å². The van der Waals surface area contributed by atoms with Crippen molar-refractivity contribution >= 4 is 29.0 Å². The highest BCUT2D eigenvalue weighted by Gasteiger charge is 2.18. The van der Waals surface area contributed by atoms with Crippen molar-refractivity contribution in [2.75, 3.05) is 11.1 Å². The number of hydrogen-bond acceptors (Lipinski definition) is 5. The van der Waals surface area contributed by atoms with Crippen LogP contribution < -0.4 is 11.1 Å². The van der Waals surface area contributed by atoms with Crippen LogP contribution in [0.5, 0.6) is 0 Å². The quantitative estimate of drug-likeness (QED) is 0.790.